The van der Waals surface area contributed by atoms with E-state index in [0.717, 1.165) is 35.3 Å². The number of hydrazine groups is 1. The van der Waals surface area contributed by atoms with Gasteiger partial charge in [-0.3, -0.25) is 10.2 Å². The average Bonchev–Trinajstić information content (AvgIpc) is 3.40. The van der Waals surface area contributed by atoms with Crippen molar-refractivity contribution in [1.29, 1.82) is 0 Å². The number of nitrogens with one attached hydrogen (secondary N) is 4. The van der Waals surface area contributed by atoms with Crippen molar-refractivity contribution in [3.05, 3.63) is 54.2 Å². The minimum absolute atomic E-state index is 0.0206. The number of hydrogen-bond donors (Lipinski definition) is 4. The number of aromatic amines is 1. The maximum atomic E-state index is 12.6. The highest BCUT2D eigenvalue weighted by Crippen LogP contribution is 2.18. The van der Waals surface area contributed by atoms with E-state index in [4.69, 9.17) is 0 Å². The van der Waals surface area contributed by atoms with Crippen molar-refractivity contribution in [3.63, 3.8) is 0 Å². The van der Waals surface area contributed by atoms with Gasteiger partial charge in [0.15, 0.2) is 0 Å². The summed E-state index contributed by atoms with van der Waals surface area (Å²) in [5, 5.41) is 4.21. The Labute approximate surface area is 158 Å². The molecule has 1 saturated heterocycles. The van der Waals surface area contributed by atoms with Crippen LogP contribution in [0.5, 0.6) is 0 Å². The number of rotatable bonds is 6. The molecule has 7 nitrogen and oxygen atoms in total. The number of benzene rings is 1. The smallest absolute Gasteiger partial charge is 0.238 e. The molecule has 3 heterocycles. The van der Waals surface area contributed by atoms with Gasteiger partial charge in [-0.25, -0.2) is 10.4 Å². The summed E-state index contributed by atoms with van der Waals surface area (Å²) in [7, 11) is 0. The van der Waals surface area contributed by atoms with Crippen molar-refractivity contribution < 1.29 is 4.79 Å². The topological polar surface area (TPSA) is 86.8 Å². The second kappa shape index (κ2) is 7.54. The summed E-state index contributed by atoms with van der Waals surface area (Å²) in [6.07, 6.45) is 6.51. The number of carbonyl (C=O) groups excluding carboxylic acids is 1. The lowest BCUT2D eigenvalue weighted by Gasteiger charge is -2.14. The Morgan fingerprint density at radius 1 is 1.33 bits per heavy atom. The van der Waals surface area contributed by atoms with Gasteiger partial charge in [0.25, 0.3) is 0 Å². The van der Waals surface area contributed by atoms with E-state index in [1.165, 1.54) is 0 Å². The SMILES string of the molecule is CC(C)c1nccn1CC1CC(C(=O)NCc2cccc3[nH]ccc23)NN1. The molecule has 0 bridgehead atoms. The van der Waals surface area contributed by atoms with E-state index in [1.54, 1.807) is 0 Å². The molecule has 1 amide bonds. The molecular formula is C20H26N6O. The van der Waals surface area contributed by atoms with Gasteiger partial charge in [0.2, 0.25) is 5.91 Å². The van der Waals surface area contributed by atoms with Crippen LogP contribution in [0.15, 0.2) is 42.9 Å². The number of carbonyl (C=O) groups is 1. The van der Waals surface area contributed by atoms with E-state index in [-0.39, 0.29) is 18.0 Å². The number of fused-ring (bicyclic) bond motifs is 1. The zero-order chi connectivity index (χ0) is 18.8. The Morgan fingerprint density at radius 2 is 2.22 bits per heavy atom. The van der Waals surface area contributed by atoms with Gasteiger partial charge in [-0.15, -0.1) is 0 Å². The summed E-state index contributed by atoms with van der Waals surface area (Å²) in [6.45, 7) is 5.60. The van der Waals surface area contributed by atoms with E-state index in [1.807, 2.05) is 42.9 Å². The first kappa shape index (κ1) is 17.8. The maximum Gasteiger partial charge on any atom is 0.238 e. The fourth-order valence-corrected chi connectivity index (χ4v) is 3.74. The van der Waals surface area contributed by atoms with Crippen molar-refractivity contribution in [2.24, 2.45) is 0 Å². The molecule has 1 fully saturated rings. The van der Waals surface area contributed by atoms with Gasteiger partial charge in [-0.05, 0) is 24.1 Å². The van der Waals surface area contributed by atoms with Crippen LogP contribution in [0.3, 0.4) is 0 Å². The summed E-state index contributed by atoms with van der Waals surface area (Å²) in [5.41, 5.74) is 8.59. The highest BCUT2D eigenvalue weighted by molar-refractivity contribution is 5.85. The van der Waals surface area contributed by atoms with Crippen LogP contribution in [0.2, 0.25) is 0 Å². The van der Waals surface area contributed by atoms with Crippen LogP contribution in [0.4, 0.5) is 0 Å². The molecule has 27 heavy (non-hydrogen) atoms. The zero-order valence-electron chi connectivity index (χ0n) is 15.7. The Balaban J connectivity index is 1.33. The lowest BCUT2D eigenvalue weighted by Crippen LogP contribution is -2.43. The molecule has 2 unspecified atom stereocenters. The number of hydrogen-bond acceptors (Lipinski definition) is 4. The predicted octanol–water partition coefficient (Wildman–Crippen LogP) is 2.04. The standard InChI is InChI=1S/C20H26N6O/c1-13(2)19-22-8-9-26(19)12-15-10-18(25-24-15)20(27)23-11-14-4-3-5-17-16(14)6-7-21-17/h3-9,13,15,18,21,24-25H,10-12H2,1-2H3,(H,23,27). The highest BCUT2D eigenvalue weighted by atomic mass is 16.2. The van der Waals surface area contributed by atoms with Crippen LogP contribution in [0.1, 0.15) is 37.6 Å². The number of H-pyrrole nitrogens is 1. The van der Waals surface area contributed by atoms with Gasteiger partial charge in [-0.1, -0.05) is 26.0 Å². The Hall–Kier alpha value is -2.64. The molecule has 2 atom stereocenters. The van der Waals surface area contributed by atoms with Gasteiger partial charge in [0.05, 0.1) is 0 Å². The van der Waals surface area contributed by atoms with Crippen LogP contribution in [-0.4, -0.2) is 32.5 Å². The summed E-state index contributed by atoms with van der Waals surface area (Å²) in [5.74, 6) is 1.47. The maximum absolute atomic E-state index is 12.6. The molecular weight excluding hydrogens is 340 g/mol. The minimum Gasteiger partial charge on any atom is -0.361 e. The first-order valence-corrected chi connectivity index (χ1v) is 9.46. The van der Waals surface area contributed by atoms with Crippen LogP contribution >= 0.6 is 0 Å². The quantitative estimate of drug-likeness (QED) is 0.538. The molecule has 2 aromatic heterocycles. The van der Waals surface area contributed by atoms with Crippen molar-refractivity contribution in [3.8, 4) is 0 Å². The van der Waals surface area contributed by atoms with Crippen molar-refractivity contribution in [2.45, 2.75) is 51.4 Å². The van der Waals surface area contributed by atoms with Crippen LogP contribution in [-0.2, 0) is 17.9 Å². The summed E-state index contributed by atoms with van der Waals surface area (Å²) in [6, 6.07) is 8.09. The second-order valence-corrected chi connectivity index (χ2v) is 7.44. The fraction of sp³-hybridized carbons (Fsp3) is 0.400. The third-order valence-corrected chi connectivity index (χ3v) is 5.12. The molecule has 0 saturated carbocycles. The third kappa shape index (κ3) is 3.74. The molecule has 7 heteroatoms. The van der Waals surface area contributed by atoms with Crippen LogP contribution < -0.4 is 16.2 Å². The van der Waals surface area contributed by atoms with Crippen molar-refractivity contribution >= 4 is 16.8 Å². The molecule has 3 aromatic rings. The Morgan fingerprint density at radius 3 is 3.07 bits per heavy atom. The van der Waals surface area contributed by atoms with Gasteiger partial charge in [-0.2, -0.15) is 0 Å². The molecule has 4 N–H and O–H groups in total. The first-order chi connectivity index (χ1) is 13.1. The van der Waals surface area contributed by atoms with E-state index in [0.29, 0.717) is 12.5 Å². The molecule has 0 aliphatic carbocycles. The van der Waals surface area contributed by atoms with Crippen LogP contribution in [0, 0.1) is 0 Å². The highest BCUT2D eigenvalue weighted by Gasteiger charge is 2.29. The molecule has 4 rings (SSSR count). The average molecular weight is 366 g/mol. The molecule has 1 aliphatic heterocycles. The molecule has 0 radical (unpaired) electrons. The fourth-order valence-electron chi connectivity index (χ4n) is 3.74. The molecule has 1 aromatic carbocycles. The third-order valence-electron chi connectivity index (χ3n) is 5.12. The largest absolute Gasteiger partial charge is 0.361 e. The Kier molecular flexibility index (Phi) is 4.96. The second-order valence-electron chi connectivity index (χ2n) is 7.44. The van der Waals surface area contributed by atoms with E-state index >= 15 is 0 Å². The lowest BCUT2D eigenvalue weighted by molar-refractivity contribution is -0.123. The molecule has 0 spiro atoms. The Bertz CT molecular complexity index is 927. The summed E-state index contributed by atoms with van der Waals surface area (Å²) >= 11 is 0. The zero-order valence-corrected chi connectivity index (χ0v) is 15.7. The lowest BCUT2D eigenvalue weighted by atomic mass is 10.1. The molecule has 142 valence electrons. The number of nitrogens with zero attached hydrogens (tertiary/aromatic N) is 2. The predicted molar refractivity (Wildman–Crippen MR) is 105 cm³/mol. The number of aromatic nitrogens is 3. The molecule has 1 aliphatic rings. The van der Waals surface area contributed by atoms with Gasteiger partial charge >= 0.3 is 0 Å². The van der Waals surface area contributed by atoms with Gasteiger partial charge in [0.1, 0.15) is 11.9 Å². The monoisotopic (exact) mass is 366 g/mol. The van der Waals surface area contributed by atoms with Gasteiger partial charge < -0.3 is 14.9 Å². The summed E-state index contributed by atoms with van der Waals surface area (Å²) < 4.78 is 2.16. The van der Waals surface area contributed by atoms with E-state index in [9.17, 15) is 4.79 Å². The number of imidazole rings is 1. The summed E-state index contributed by atoms with van der Waals surface area (Å²) in [4.78, 5) is 20.2. The van der Waals surface area contributed by atoms with E-state index in [2.05, 4.69) is 44.6 Å². The van der Waals surface area contributed by atoms with Crippen LogP contribution in [0.25, 0.3) is 10.9 Å². The minimum atomic E-state index is -0.230. The number of amides is 1. The normalized spacial score (nSPS) is 19.8. The van der Waals surface area contributed by atoms with Crippen molar-refractivity contribution in [1.82, 2.24) is 30.7 Å². The first-order valence-electron chi connectivity index (χ1n) is 9.46. The van der Waals surface area contributed by atoms with E-state index < -0.39 is 0 Å². The van der Waals surface area contributed by atoms with Gasteiger partial charge in [0, 0.05) is 54.5 Å². The van der Waals surface area contributed by atoms with Crippen molar-refractivity contribution in [2.75, 3.05) is 0 Å².